The molecule has 0 atom stereocenters. The molecular weight excluding hydrogens is 446 g/mol. The highest BCUT2D eigenvalue weighted by Gasteiger charge is 2.18. The SMILES string of the molecule is CCCOC(=O)c1ccc(NC(=O)COC(=O)CCS(=O)(=O)c2ccc(Cl)cc2)cc1. The fourth-order valence-corrected chi connectivity index (χ4v) is 3.71. The molecule has 8 nitrogen and oxygen atoms in total. The molecule has 2 aromatic carbocycles. The number of sulfone groups is 1. The molecule has 0 aromatic heterocycles. The highest BCUT2D eigenvalue weighted by Crippen LogP contribution is 2.16. The Morgan fingerprint density at radius 1 is 0.968 bits per heavy atom. The van der Waals surface area contributed by atoms with Gasteiger partial charge in [-0.15, -0.1) is 0 Å². The molecule has 0 unspecified atom stereocenters. The van der Waals surface area contributed by atoms with Crippen LogP contribution >= 0.6 is 11.6 Å². The predicted molar refractivity (Wildman–Crippen MR) is 115 cm³/mol. The molecule has 166 valence electrons. The molecule has 0 saturated carbocycles. The van der Waals surface area contributed by atoms with Crippen molar-refractivity contribution in [2.75, 3.05) is 24.3 Å². The highest BCUT2D eigenvalue weighted by molar-refractivity contribution is 7.91. The van der Waals surface area contributed by atoms with Crippen LogP contribution in [0.25, 0.3) is 0 Å². The summed E-state index contributed by atoms with van der Waals surface area (Å²) in [5, 5.41) is 2.91. The molecule has 0 heterocycles. The number of esters is 2. The van der Waals surface area contributed by atoms with Crippen molar-refractivity contribution in [2.45, 2.75) is 24.7 Å². The van der Waals surface area contributed by atoms with Crippen LogP contribution in [0.15, 0.2) is 53.4 Å². The van der Waals surface area contributed by atoms with E-state index in [-0.39, 0.29) is 4.90 Å². The van der Waals surface area contributed by atoms with Gasteiger partial charge >= 0.3 is 11.9 Å². The zero-order chi connectivity index (χ0) is 22.9. The van der Waals surface area contributed by atoms with Crippen molar-refractivity contribution in [1.82, 2.24) is 0 Å². The van der Waals surface area contributed by atoms with E-state index < -0.39 is 46.5 Å². The lowest BCUT2D eigenvalue weighted by molar-refractivity contribution is -0.146. The highest BCUT2D eigenvalue weighted by atomic mass is 35.5. The van der Waals surface area contributed by atoms with Crippen molar-refractivity contribution in [3.8, 4) is 0 Å². The fraction of sp³-hybridized carbons (Fsp3) is 0.286. The second-order valence-corrected chi connectivity index (χ2v) is 8.99. The van der Waals surface area contributed by atoms with Crippen molar-refractivity contribution < 1.29 is 32.3 Å². The maximum Gasteiger partial charge on any atom is 0.338 e. The summed E-state index contributed by atoms with van der Waals surface area (Å²) in [4.78, 5) is 35.5. The van der Waals surface area contributed by atoms with E-state index in [9.17, 15) is 22.8 Å². The average molecular weight is 468 g/mol. The normalized spacial score (nSPS) is 10.9. The number of anilines is 1. The summed E-state index contributed by atoms with van der Waals surface area (Å²) in [7, 11) is -3.67. The van der Waals surface area contributed by atoms with Gasteiger partial charge in [0.25, 0.3) is 5.91 Å². The lowest BCUT2D eigenvalue weighted by Crippen LogP contribution is -2.22. The first-order valence-corrected chi connectivity index (χ1v) is 11.5. The van der Waals surface area contributed by atoms with E-state index in [0.717, 1.165) is 0 Å². The molecule has 0 spiro atoms. The first-order valence-electron chi connectivity index (χ1n) is 9.42. The van der Waals surface area contributed by atoms with E-state index in [1.54, 1.807) is 0 Å². The molecule has 0 fully saturated rings. The first kappa shape index (κ1) is 24.4. The first-order chi connectivity index (χ1) is 14.7. The van der Waals surface area contributed by atoms with Gasteiger partial charge in [-0.05, 0) is 55.0 Å². The van der Waals surface area contributed by atoms with Gasteiger partial charge in [-0.1, -0.05) is 18.5 Å². The molecule has 0 bridgehead atoms. The van der Waals surface area contributed by atoms with Gasteiger partial charge < -0.3 is 14.8 Å². The largest absolute Gasteiger partial charge is 0.462 e. The summed E-state index contributed by atoms with van der Waals surface area (Å²) in [6.45, 7) is 1.64. The van der Waals surface area contributed by atoms with Crippen LogP contribution in [0, 0.1) is 0 Å². The molecular formula is C21H22ClNO7S. The van der Waals surface area contributed by atoms with E-state index in [4.69, 9.17) is 21.1 Å². The molecule has 1 amide bonds. The zero-order valence-corrected chi connectivity index (χ0v) is 18.4. The summed E-state index contributed by atoms with van der Waals surface area (Å²) >= 11 is 5.73. The number of carbonyl (C=O) groups is 3. The summed E-state index contributed by atoms with van der Waals surface area (Å²) < 4.78 is 34.2. The van der Waals surface area contributed by atoms with Crippen LogP contribution in [0.3, 0.4) is 0 Å². The molecule has 31 heavy (non-hydrogen) atoms. The number of nitrogens with one attached hydrogen (secondary N) is 1. The summed E-state index contributed by atoms with van der Waals surface area (Å²) in [5.74, 6) is -2.33. The Kier molecular flexibility index (Phi) is 9.02. The molecule has 1 N–H and O–H groups in total. The van der Waals surface area contributed by atoms with Crippen LogP contribution in [-0.4, -0.2) is 45.2 Å². The standard InChI is InChI=1S/C21H22ClNO7S/c1-2-12-29-21(26)15-3-7-17(8-4-15)23-19(24)14-30-20(25)11-13-31(27,28)18-9-5-16(22)6-10-18/h3-10H,2,11-14H2,1H3,(H,23,24). The number of rotatable bonds is 10. The molecule has 2 aromatic rings. The Labute approximate surface area is 185 Å². The van der Waals surface area contributed by atoms with Crippen LogP contribution in [0.5, 0.6) is 0 Å². The predicted octanol–water partition coefficient (Wildman–Crippen LogP) is 3.25. The van der Waals surface area contributed by atoms with Gasteiger partial charge in [0, 0.05) is 10.7 Å². The second-order valence-electron chi connectivity index (χ2n) is 6.44. The third kappa shape index (κ3) is 8.03. The zero-order valence-electron chi connectivity index (χ0n) is 16.8. The van der Waals surface area contributed by atoms with Crippen LogP contribution in [0.1, 0.15) is 30.1 Å². The van der Waals surface area contributed by atoms with Gasteiger partial charge in [0.15, 0.2) is 16.4 Å². The fourth-order valence-electron chi connectivity index (χ4n) is 2.36. The van der Waals surface area contributed by atoms with E-state index in [0.29, 0.717) is 29.3 Å². The summed E-state index contributed by atoms with van der Waals surface area (Å²) in [6.07, 6.45) is 0.318. The Morgan fingerprint density at radius 2 is 1.61 bits per heavy atom. The Bertz CT molecular complexity index is 1020. The van der Waals surface area contributed by atoms with E-state index in [1.165, 1.54) is 48.5 Å². The second kappa shape index (κ2) is 11.5. The third-order valence-corrected chi connectivity index (χ3v) is 5.94. The average Bonchev–Trinajstić information content (AvgIpc) is 2.75. The van der Waals surface area contributed by atoms with E-state index >= 15 is 0 Å². The van der Waals surface area contributed by atoms with Crippen LogP contribution in [0.2, 0.25) is 5.02 Å². The van der Waals surface area contributed by atoms with Gasteiger partial charge in [0.1, 0.15) is 0 Å². The third-order valence-electron chi connectivity index (χ3n) is 3.95. The van der Waals surface area contributed by atoms with Crippen LogP contribution < -0.4 is 5.32 Å². The van der Waals surface area contributed by atoms with E-state index in [2.05, 4.69) is 5.32 Å². The monoisotopic (exact) mass is 467 g/mol. The molecule has 0 radical (unpaired) electrons. The van der Waals surface area contributed by atoms with Crippen molar-refractivity contribution in [3.63, 3.8) is 0 Å². The molecule has 2 rings (SSSR count). The summed E-state index contributed by atoms with van der Waals surface area (Å²) in [6, 6.07) is 11.6. The molecule has 0 aliphatic carbocycles. The van der Waals surface area contributed by atoms with Gasteiger partial charge in [0.05, 0.1) is 29.2 Å². The van der Waals surface area contributed by atoms with Crippen molar-refractivity contribution in [3.05, 3.63) is 59.1 Å². The topological polar surface area (TPSA) is 116 Å². The molecule has 10 heteroatoms. The minimum Gasteiger partial charge on any atom is -0.462 e. The van der Waals surface area contributed by atoms with Crippen molar-refractivity contribution >= 4 is 45.0 Å². The van der Waals surface area contributed by atoms with Gasteiger partial charge in [-0.2, -0.15) is 0 Å². The number of carbonyl (C=O) groups excluding carboxylic acids is 3. The Morgan fingerprint density at radius 3 is 2.23 bits per heavy atom. The summed E-state index contributed by atoms with van der Waals surface area (Å²) in [5.41, 5.74) is 0.748. The van der Waals surface area contributed by atoms with Gasteiger partial charge in [0.2, 0.25) is 0 Å². The van der Waals surface area contributed by atoms with Gasteiger partial charge in [-0.3, -0.25) is 9.59 Å². The Hall–Kier alpha value is -2.91. The van der Waals surface area contributed by atoms with Crippen molar-refractivity contribution in [2.24, 2.45) is 0 Å². The number of halogens is 1. The molecule has 0 aliphatic heterocycles. The van der Waals surface area contributed by atoms with Gasteiger partial charge in [-0.25, -0.2) is 13.2 Å². The number of amides is 1. The molecule has 0 saturated heterocycles. The smallest absolute Gasteiger partial charge is 0.338 e. The molecule has 0 aliphatic rings. The minimum atomic E-state index is -3.67. The lowest BCUT2D eigenvalue weighted by Gasteiger charge is -2.08. The maximum absolute atomic E-state index is 12.2. The maximum atomic E-state index is 12.2. The number of hydrogen-bond donors (Lipinski definition) is 1. The lowest BCUT2D eigenvalue weighted by atomic mass is 10.2. The quantitative estimate of drug-likeness (QED) is 0.533. The van der Waals surface area contributed by atoms with E-state index in [1.807, 2.05) is 6.92 Å². The minimum absolute atomic E-state index is 0.0458. The number of ether oxygens (including phenoxy) is 2. The van der Waals surface area contributed by atoms with Crippen LogP contribution in [-0.2, 0) is 28.9 Å². The Balaban J connectivity index is 1.77. The number of benzene rings is 2. The number of hydrogen-bond acceptors (Lipinski definition) is 7. The van der Waals surface area contributed by atoms with Crippen molar-refractivity contribution in [1.29, 1.82) is 0 Å². The van der Waals surface area contributed by atoms with Crippen LogP contribution in [0.4, 0.5) is 5.69 Å².